The lowest BCUT2D eigenvalue weighted by molar-refractivity contribution is 0.113. The molecule has 2 aromatic rings. The van der Waals surface area contributed by atoms with E-state index in [4.69, 9.17) is 10.8 Å². The van der Waals surface area contributed by atoms with E-state index in [1.807, 2.05) is 12.1 Å². The third-order valence-corrected chi connectivity index (χ3v) is 4.32. The van der Waals surface area contributed by atoms with E-state index in [0.29, 0.717) is 11.1 Å². The second kappa shape index (κ2) is 7.66. The van der Waals surface area contributed by atoms with Gasteiger partial charge < -0.3 is 21.1 Å². The summed E-state index contributed by atoms with van der Waals surface area (Å²) < 4.78 is 0. The molecule has 8 heteroatoms. The monoisotopic (exact) mass is 342 g/mol. The van der Waals surface area contributed by atoms with Crippen LogP contribution in [0.5, 0.6) is 5.75 Å². The van der Waals surface area contributed by atoms with Crippen LogP contribution in [0, 0.1) is 22.7 Å². The summed E-state index contributed by atoms with van der Waals surface area (Å²) in [4.78, 5) is 4.08. The Bertz CT molecular complexity index is 825. The Morgan fingerprint density at radius 3 is 2.33 bits per heavy atom. The molecule has 0 fully saturated rings. The fourth-order valence-corrected chi connectivity index (χ4v) is 2.96. The van der Waals surface area contributed by atoms with Gasteiger partial charge in [0.25, 0.3) is 0 Å². The third kappa shape index (κ3) is 3.58. The molecule has 1 aromatic heterocycles. The standard InChI is InChI=1S/C16H14N4O3S/c17-5-12-14(9-1-3-10(22)4-2-9)13(6-18)16(20-15(12)19)24-8-11(23)7-21/h1-4,11,21-23H,7-8H2,(H2,19,20). The Kier molecular flexibility index (Phi) is 5.61. The number of thioether (sulfide) groups is 1. The van der Waals surface area contributed by atoms with E-state index < -0.39 is 12.7 Å². The van der Waals surface area contributed by atoms with Crippen molar-refractivity contribution in [3.63, 3.8) is 0 Å². The molecule has 0 aliphatic rings. The van der Waals surface area contributed by atoms with Crippen LogP contribution < -0.4 is 5.73 Å². The maximum atomic E-state index is 9.53. The Hall–Kier alpha value is -2.78. The average molecular weight is 342 g/mol. The maximum absolute atomic E-state index is 9.53. The van der Waals surface area contributed by atoms with E-state index in [1.165, 1.54) is 12.1 Å². The number of nitriles is 2. The van der Waals surface area contributed by atoms with Crippen molar-refractivity contribution in [2.75, 3.05) is 18.1 Å². The van der Waals surface area contributed by atoms with Crippen molar-refractivity contribution < 1.29 is 15.3 Å². The van der Waals surface area contributed by atoms with E-state index in [2.05, 4.69) is 4.98 Å². The van der Waals surface area contributed by atoms with Crippen LogP contribution in [0.3, 0.4) is 0 Å². The van der Waals surface area contributed by atoms with E-state index in [1.54, 1.807) is 12.1 Å². The summed E-state index contributed by atoms with van der Waals surface area (Å²) >= 11 is 1.07. The third-order valence-electron chi connectivity index (χ3n) is 3.19. The number of benzene rings is 1. The lowest BCUT2D eigenvalue weighted by atomic mass is 9.97. The number of hydrogen-bond donors (Lipinski definition) is 4. The summed E-state index contributed by atoms with van der Waals surface area (Å²) in [6.07, 6.45) is -0.961. The summed E-state index contributed by atoms with van der Waals surface area (Å²) in [6, 6.07) is 10.0. The normalized spacial score (nSPS) is 11.5. The molecule has 0 aliphatic heterocycles. The highest BCUT2D eigenvalue weighted by Crippen LogP contribution is 2.36. The predicted octanol–water partition coefficient (Wildman–Crippen LogP) is 1.23. The van der Waals surface area contributed by atoms with Crippen LogP contribution >= 0.6 is 11.8 Å². The first-order valence-corrected chi connectivity index (χ1v) is 7.85. The number of rotatable bonds is 5. The predicted molar refractivity (Wildman–Crippen MR) is 89.0 cm³/mol. The van der Waals surface area contributed by atoms with E-state index in [-0.39, 0.29) is 33.5 Å². The van der Waals surface area contributed by atoms with Gasteiger partial charge in [-0.05, 0) is 17.7 Å². The number of nitrogens with zero attached hydrogens (tertiary/aromatic N) is 3. The van der Waals surface area contributed by atoms with Crippen LogP contribution in [0.15, 0.2) is 29.3 Å². The molecule has 1 atom stereocenters. The highest BCUT2D eigenvalue weighted by molar-refractivity contribution is 7.99. The maximum Gasteiger partial charge on any atom is 0.143 e. The number of phenols is 1. The molecule has 24 heavy (non-hydrogen) atoms. The van der Waals surface area contributed by atoms with Crippen molar-refractivity contribution in [1.29, 1.82) is 10.5 Å². The molecule has 0 aliphatic carbocycles. The van der Waals surface area contributed by atoms with Crippen molar-refractivity contribution in [3.05, 3.63) is 35.4 Å². The summed E-state index contributed by atoms with van der Waals surface area (Å²) in [5.74, 6) is 0.150. The van der Waals surface area contributed by atoms with Gasteiger partial charge in [0.1, 0.15) is 34.3 Å². The number of aliphatic hydroxyl groups excluding tert-OH is 2. The zero-order chi connectivity index (χ0) is 17.7. The molecule has 0 saturated heterocycles. The molecule has 1 aromatic carbocycles. The molecule has 0 bridgehead atoms. The summed E-state index contributed by atoms with van der Waals surface area (Å²) in [5.41, 5.74) is 6.94. The smallest absolute Gasteiger partial charge is 0.143 e. The fraction of sp³-hybridized carbons (Fsp3) is 0.188. The van der Waals surface area contributed by atoms with Crippen LogP contribution in [0.25, 0.3) is 11.1 Å². The van der Waals surface area contributed by atoms with Gasteiger partial charge in [0.2, 0.25) is 0 Å². The number of aromatic nitrogens is 1. The topological polar surface area (TPSA) is 147 Å². The van der Waals surface area contributed by atoms with Gasteiger partial charge in [-0.25, -0.2) is 4.98 Å². The number of anilines is 1. The zero-order valence-electron chi connectivity index (χ0n) is 12.5. The molecule has 2 rings (SSSR count). The summed E-state index contributed by atoms with van der Waals surface area (Å²) in [7, 11) is 0. The second-order valence-electron chi connectivity index (χ2n) is 4.85. The average Bonchev–Trinajstić information content (AvgIpc) is 2.59. The van der Waals surface area contributed by atoms with Crippen LogP contribution in [0.2, 0.25) is 0 Å². The first kappa shape index (κ1) is 17.6. The largest absolute Gasteiger partial charge is 0.508 e. The lowest BCUT2D eigenvalue weighted by Crippen LogP contribution is -2.15. The molecule has 0 amide bonds. The Morgan fingerprint density at radius 1 is 1.17 bits per heavy atom. The Labute approximate surface area is 142 Å². The minimum absolute atomic E-state index is 0.0273. The number of aromatic hydroxyl groups is 1. The fourth-order valence-electron chi connectivity index (χ4n) is 2.05. The lowest BCUT2D eigenvalue weighted by Gasteiger charge is -2.14. The van der Waals surface area contributed by atoms with Gasteiger partial charge in [0.15, 0.2) is 0 Å². The Balaban J connectivity index is 2.63. The van der Waals surface area contributed by atoms with Gasteiger partial charge in [-0.2, -0.15) is 10.5 Å². The number of pyridine rings is 1. The molecular weight excluding hydrogens is 328 g/mol. The van der Waals surface area contributed by atoms with Crippen molar-refractivity contribution in [2.45, 2.75) is 11.1 Å². The number of nitrogens with two attached hydrogens (primary N) is 1. The second-order valence-corrected chi connectivity index (χ2v) is 5.85. The summed E-state index contributed by atoms with van der Waals surface area (Å²) in [5, 5.41) is 47.0. The quantitative estimate of drug-likeness (QED) is 0.593. The summed E-state index contributed by atoms with van der Waals surface area (Å²) in [6.45, 7) is -0.411. The number of hydrogen-bond acceptors (Lipinski definition) is 8. The zero-order valence-corrected chi connectivity index (χ0v) is 13.3. The van der Waals surface area contributed by atoms with Gasteiger partial charge in [-0.1, -0.05) is 12.1 Å². The van der Waals surface area contributed by atoms with E-state index in [9.17, 15) is 20.7 Å². The first-order valence-electron chi connectivity index (χ1n) is 6.86. The van der Waals surface area contributed by atoms with Gasteiger partial charge in [-0.3, -0.25) is 0 Å². The van der Waals surface area contributed by atoms with Crippen molar-refractivity contribution in [2.24, 2.45) is 0 Å². The first-order chi connectivity index (χ1) is 11.5. The van der Waals surface area contributed by atoms with Gasteiger partial charge in [0.05, 0.1) is 18.3 Å². The molecule has 5 N–H and O–H groups in total. The number of aliphatic hydroxyl groups is 2. The minimum atomic E-state index is -0.961. The van der Waals surface area contributed by atoms with Crippen LogP contribution in [-0.2, 0) is 0 Å². The highest BCUT2D eigenvalue weighted by Gasteiger charge is 2.21. The van der Waals surface area contributed by atoms with Crippen molar-refractivity contribution in [3.8, 4) is 29.0 Å². The highest BCUT2D eigenvalue weighted by atomic mass is 32.2. The van der Waals surface area contributed by atoms with Gasteiger partial charge in [0, 0.05) is 11.3 Å². The molecule has 1 heterocycles. The Morgan fingerprint density at radius 2 is 1.79 bits per heavy atom. The van der Waals surface area contributed by atoms with E-state index >= 15 is 0 Å². The van der Waals surface area contributed by atoms with E-state index in [0.717, 1.165) is 11.8 Å². The van der Waals surface area contributed by atoms with Crippen molar-refractivity contribution >= 4 is 17.6 Å². The molecule has 0 radical (unpaired) electrons. The van der Waals surface area contributed by atoms with Crippen LogP contribution in [0.1, 0.15) is 11.1 Å². The molecule has 1 unspecified atom stereocenters. The molecular formula is C16H14N4O3S. The molecule has 122 valence electrons. The van der Waals surface area contributed by atoms with Gasteiger partial charge >= 0.3 is 0 Å². The van der Waals surface area contributed by atoms with Gasteiger partial charge in [-0.15, -0.1) is 11.8 Å². The molecule has 7 nitrogen and oxygen atoms in total. The SMILES string of the molecule is N#Cc1c(N)nc(SCC(O)CO)c(C#N)c1-c1ccc(O)cc1. The van der Waals surface area contributed by atoms with Crippen LogP contribution in [0.4, 0.5) is 5.82 Å². The molecule has 0 saturated carbocycles. The van der Waals surface area contributed by atoms with Crippen molar-refractivity contribution in [1.82, 2.24) is 4.98 Å². The van der Waals surface area contributed by atoms with Crippen LogP contribution in [-0.4, -0.2) is 38.8 Å². The minimum Gasteiger partial charge on any atom is -0.508 e. The number of phenolic OH excluding ortho intramolecular Hbond substituents is 1. The number of nitrogen functional groups attached to an aromatic ring is 1. The molecule has 0 spiro atoms.